The molecule has 0 fully saturated rings. The minimum Gasteiger partial charge on any atom is -0.775 e. The van der Waals surface area contributed by atoms with Crippen LogP contribution in [0.2, 0.25) is 0 Å². The van der Waals surface area contributed by atoms with E-state index in [-0.39, 0.29) is 5.56 Å². The van der Waals surface area contributed by atoms with Crippen LogP contribution in [0.4, 0.5) is 0 Å². The summed E-state index contributed by atoms with van der Waals surface area (Å²) in [6.45, 7) is 0. The molecule has 0 bridgehead atoms. The molecule has 1 rings (SSSR count). The van der Waals surface area contributed by atoms with E-state index < -0.39 is 20.2 Å². The summed E-state index contributed by atoms with van der Waals surface area (Å²) in [6, 6.07) is 7.58. The van der Waals surface area contributed by atoms with Gasteiger partial charge in [-0.2, -0.15) is 0 Å². The molecule has 0 aliphatic carbocycles. The van der Waals surface area contributed by atoms with E-state index in [9.17, 15) is 18.9 Å². The largest absolute Gasteiger partial charge is 0.775 e. The van der Waals surface area contributed by atoms with Crippen LogP contribution in [0.3, 0.4) is 0 Å². The summed E-state index contributed by atoms with van der Waals surface area (Å²) in [7, 11) is -10.6. The molecule has 0 aliphatic heterocycles. The maximum absolute atomic E-state index is 10.8. The Labute approximate surface area is 91.6 Å². The number of benzene rings is 1. The Morgan fingerprint density at radius 3 is 1.88 bits per heavy atom. The number of hydrogen-bond donors (Lipinski definition) is 2. The first-order valence-corrected chi connectivity index (χ1v) is 7.22. The van der Waals surface area contributed by atoms with Crippen molar-refractivity contribution in [3.8, 4) is 0 Å². The second-order valence-electron chi connectivity index (χ2n) is 2.95. The van der Waals surface area contributed by atoms with E-state index in [2.05, 4.69) is 0 Å². The Bertz CT molecular complexity index is 459. The molecule has 1 aromatic rings. The monoisotopic (exact) mass is 262 g/mol. The molecule has 2 N–H and O–H groups in total. The molecule has 6 nitrogen and oxygen atoms in total. The SMILES string of the molecule is O=P([O-])(O)C(=Cc1ccccc1)P(=O)([O-])O. The highest BCUT2D eigenvalue weighted by molar-refractivity contribution is 7.76. The van der Waals surface area contributed by atoms with Gasteiger partial charge in [0, 0.05) is 0 Å². The number of rotatable bonds is 3. The van der Waals surface area contributed by atoms with Crippen molar-refractivity contribution in [3.05, 3.63) is 41.0 Å². The smallest absolute Gasteiger partial charge is 0.167 e. The van der Waals surface area contributed by atoms with Crippen molar-refractivity contribution < 1.29 is 28.7 Å². The van der Waals surface area contributed by atoms with Gasteiger partial charge in [-0.25, -0.2) is 0 Å². The van der Waals surface area contributed by atoms with E-state index in [1.165, 1.54) is 12.1 Å². The summed E-state index contributed by atoms with van der Waals surface area (Å²) in [6.07, 6.45) is 0.682. The van der Waals surface area contributed by atoms with Gasteiger partial charge in [-0.3, -0.25) is 0 Å². The lowest BCUT2D eigenvalue weighted by atomic mass is 10.2. The second kappa shape index (κ2) is 4.63. The minimum absolute atomic E-state index is 0.229. The summed E-state index contributed by atoms with van der Waals surface area (Å²) in [5.41, 5.74) is 0.229. The van der Waals surface area contributed by atoms with Crippen molar-refractivity contribution in [3.63, 3.8) is 0 Å². The van der Waals surface area contributed by atoms with Gasteiger partial charge in [-0.15, -0.1) is 0 Å². The molecule has 0 aromatic heterocycles. The first-order valence-electron chi connectivity index (χ1n) is 4.07. The summed E-state index contributed by atoms with van der Waals surface area (Å²) in [5.74, 6) is 0. The van der Waals surface area contributed by atoms with Gasteiger partial charge in [0.1, 0.15) is 0 Å². The highest BCUT2D eigenvalue weighted by atomic mass is 31.2. The molecule has 0 saturated carbocycles. The van der Waals surface area contributed by atoms with Crippen molar-refractivity contribution in [2.45, 2.75) is 0 Å². The summed E-state index contributed by atoms with van der Waals surface area (Å²) < 4.78 is 21.5. The third-order valence-corrected chi connectivity index (χ3v) is 4.61. The molecular weight excluding hydrogens is 254 g/mol. The fourth-order valence-corrected chi connectivity index (χ4v) is 2.92. The highest BCUT2D eigenvalue weighted by Crippen LogP contribution is 2.59. The topological polar surface area (TPSA) is 121 Å². The standard InChI is InChI=1S/C8H10O6P2/c9-15(10,11)8(16(12,13)14)6-7-4-2-1-3-5-7/h1-6H,(H2,9,10,11)(H2,12,13,14)/p-2. The fraction of sp³-hybridized carbons (Fsp3) is 0. The molecule has 0 spiro atoms. The molecule has 0 radical (unpaired) electrons. The minimum atomic E-state index is -5.28. The molecule has 0 amide bonds. The summed E-state index contributed by atoms with van der Waals surface area (Å²) in [4.78, 5) is 38.9. The lowest BCUT2D eigenvalue weighted by Crippen LogP contribution is -2.09. The van der Waals surface area contributed by atoms with Gasteiger partial charge in [0.05, 0.1) is 5.06 Å². The molecule has 88 valence electrons. The van der Waals surface area contributed by atoms with E-state index in [0.29, 0.717) is 6.08 Å². The van der Waals surface area contributed by atoms with Crippen LogP contribution in [0.1, 0.15) is 5.56 Å². The van der Waals surface area contributed by atoms with E-state index in [4.69, 9.17) is 9.79 Å². The Morgan fingerprint density at radius 2 is 1.50 bits per heavy atom. The van der Waals surface area contributed by atoms with Crippen LogP contribution in [-0.2, 0) is 9.13 Å². The van der Waals surface area contributed by atoms with Crippen LogP contribution in [0.15, 0.2) is 35.4 Å². The van der Waals surface area contributed by atoms with Crippen LogP contribution in [0, 0.1) is 0 Å². The van der Waals surface area contributed by atoms with Gasteiger partial charge >= 0.3 is 0 Å². The second-order valence-corrected chi connectivity index (χ2v) is 6.35. The quantitative estimate of drug-likeness (QED) is 0.744. The van der Waals surface area contributed by atoms with Crippen LogP contribution >= 0.6 is 15.2 Å². The van der Waals surface area contributed by atoms with Gasteiger partial charge < -0.3 is 28.7 Å². The van der Waals surface area contributed by atoms with Gasteiger partial charge in [-0.05, 0) is 11.6 Å². The van der Waals surface area contributed by atoms with E-state index >= 15 is 0 Å². The van der Waals surface area contributed by atoms with Gasteiger partial charge in [0.2, 0.25) is 0 Å². The molecule has 0 heterocycles. The maximum Gasteiger partial charge on any atom is 0.167 e. The molecule has 0 saturated heterocycles. The average Bonchev–Trinajstić information content (AvgIpc) is 2.12. The molecule has 2 unspecified atom stereocenters. The van der Waals surface area contributed by atoms with Crippen LogP contribution in [0.25, 0.3) is 6.08 Å². The Kier molecular flexibility index (Phi) is 3.86. The third kappa shape index (κ3) is 3.68. The Hall–Kier alpha value is -0.740. The average molecular weight is 262 g/mol. The van der Waals surface area contributed by atoms with E-state index in [0.717, 1.165) is 0 Å². The van der Waals surface area contributed by atoms with Crippen molar-refractivity contribution in [1.82, 2.24) is 0 Å². The van der Waals surface area contributed by atoms with Gasteiger partial charge in [-0.1, -0.05) is 30.3 Å². The van der Waals surface area contributed by atoms with Crippen LogP contribution in [-0.4, -0.2) is 9.79 Å². The lowest BCUT2D eigenvalue weighted by Gasteiger charge is -2.27. The normalized spacial score (nSPS) is 18.2. The summed E-state index contributed by atoms with van der Waals surface area (Å²) >= 11 is 0. The van der Waals surface area contributed by atoms with Gasteiger partial charge in [0.25, 0.3) is 0 Å². The Morgan fingerprint density at radius 1 is 1.06 bits per heavy atom. The van der Waals surface area contributed by atoms with Crippen molar-refractivity contribution in [1.29, 1.82) is 0 Å². The molecule has 16 heavy (non-hydrogen) atoms. The van der Waals surface area contributed by atoms with Crippen molar-refractivity contribution in [2.24, 2.45) is 0 Å². The predicted octanol–water partition coefficient (Wildman–Crippen LogP) is 0.0764. The third-order valence-electron chi connectivity index (χ3n) is 1.67. The zero-order valence-electron chi connectivity index (χ0n) is 7.89. The summed E-state index contributed by atoms with van der Waals surface area (Å²) in [5, 5.41) is -1.40. The first kappa shape index (κ1) is 13.3. The number of hydrogen-bond acceptors (Lipinski definition) is 4. The van der Waals surface area contributed by atoms with E-state index in [1.54, 1.807) is 18.2 Å². The zero-order chi connectivity index (χ0) is 12.4. The lowest BCUT2D eigenvalue weighted by molar-refractivity contribution is -0.197. The molecular formula is C8H8O6P2-2. The van der Waals surface area contributed by atoms with Crippen molar-refractivity contribution >= 4 is 21.3 Å². The van der Waals surface area contributed by atoms with Gasteiger partial charge in [0.15, 0.2) is 15.2 Å². The fourth-order valence-electron chi connectivity index (χ4n) is 1.02. The van der Waals surface area contributed by atoms with Crippen LogP contribution in [0.5, 0.6) is 0 Å². The predicted molar refractivity (Wildman–Crippen MR) is 54.1 cm³/mol. The van der Waals surface area contributed by atoms with Crippen molar-refractivity contribution in [2.75, 3.05) is 0 Å². The first-order chi connectivity index (χ1) is 7.21. The maximum atomic E-state index is 10.8. The van der Waals surface area contributed by atoms with E-state index in [1.807, 2.05) is 0 Å². The Balaban J connectivity index is 3.30. The molecule has 1 aromatic carbocycles. The molecule has 2 atom stereocenters. The highest BCUT2D eigenvalue weighted by Gasteiger charge is 2.21. The molecule has 8 heteroatoms. The molecule has 0 aliphatic rings. The van der Waals surface area contributed by atoms with Crippen LogP contribution < -0.4 is 9.79 Å². The zero-order valence-corrected chi connectivity index (χ0v) is 9.67.